The van der Waals surface area contributed by atoms with Crippen molar-refractivity contribution < 1.29 is 0 Å². The van der Waals surface area contributed by atoms with E-state index in [0.717, 1.165) is 16.7 Å². The summed E-state index contributed by atoms with van der Waals surface area (Å²) in [4.78, 5) is 7.61. The quantitative estimate of drug-likeness (QED) is 0.826. The average Bonchev–Trinajstić information content (AvgIpc) is 2.62. The molecule has 2 rings (SSSR count). The maximum absolute atomic E-state index is 6.02. The number of nitrogens with one attached hydrogen (secondary N) is 1. The van der Waals surface area contributed by atoms with Crippen molar-refractivity contribution in [1.29, 1.82) is 0 Å². The van der Waals surface area contributed by atoms with Gasteiger partial charge in [0.1, 0.15) is 0 Å². The smallest absolute Gasteiger partial charge is 0.0882 e. The Labute approximate surface area is 95.5 Å². The number of fused-ring (bicyclic) bond motifs is 1. The zero-order valence-corrected chi connectivity index (χ0v) is 9.71. The molecule has 2 heterocycles. The van der Waals surface area contributed by atoms with Gasteiger partial charge in [0, 0.05) is 12.2 Å². The predicted molar refractivity (Wildman–Crippen MR) is 65.1 cm³/mol. The van der Waals surface area contributed by atoms with Crippen molar-refractivity contribution >= 4 is 23.4 Å². The Bertz CT molecular complexity index is 436. The molecule has 0 aromatic carbocycles. The number of hydrogen-bond donors (Lipinski definition) is 2. The molecule has 3 nitrogen and oxygen atoms in total. The number of aromatic amines is 1. The van der Waals surface area contributed by atoms with Crippen LogP contribution in [0.25, 0.3) is 11.0 Å². The largest absolute Gasteiger partial charge is 0.360 e. The van der Waals surface area contributed by atoms with Crippen LogP contribution in [0.2, 0.25) is 0 Å². The maximum Gasteiger partial charge on any atom is 0.0882 e. The Balaban J connectivity index is 0.00000112. The Kier molecular flexibility index (Phi) is 3.72. The van der Waals surface area contributed by atoms with Gasteiger partial charge in [-0.05, 0) is 24.1 Å². The highest BCUT2D eigenvalue weighted by atomic mass is 35.5. The van der Waals surface area contributed by atoms with Crippen LogP contribution in [0, 0.1) is 5.92 Å². The fraction of sp³-hybridized carbons (Fsp3) is 0.364. The lowest BCUT2D eigenvalue weighted by atomic mass is 10.0. The highest BCUT2D eigenvalue weighted by molar-refractivity contribution is 5.85. The lowest BCUT2D eigenvalue weighted by Crippen LogP contribution is -2.17. The normalized spacial score (nSPS) is 12.8. The fourth-order valence-corrected chi connectivity index (χ4v) is 1.48. The first-order chi connectivity index (χ1) is 6.68. The molecule has 0 bridgehead atoms. The van der Waals surface area contributed by atoms with E-state index in [0.29, 0.717) is 5.92 Å². The van der Waals surface area contributed by atoms with Crippen LogP contribution in [0.5, 0.6) is 0 Å². The summed E-state index contributed by atoms with van der Waals surface area (Å²) in [6.45, 7) is 4.21. The van der Waals surface area contributed by atoms with E-state index in [9.17, 15) is 0 Å². The highest BCUT2D eigenvalue weighted by Gasteiger charge is 2.12. The van der Waals surface area contributed by atoms with E-state index in [1.54, 1.807) is 0 Å². The topological polar surface area (TPSA) is 54.7 Å². The van der Waals surface area contributed by atoms with Gasteiger partial charge in [-0.2, -0.15) is 0 Å². The monoisotopic (exact) mass is 225 g/mol. The molecule has 0 aliphatic carbocycles. The summed E-state index contributed by atoms with van der Waals surface area (Å²) >= 11 is 0. The van der Waals surface area contributed by atoms with Gasteiger partial charge in [-0.1, -0.05) is 13.8 Å². The van der Waals surface area contributed by atoms with Crippen molar-refractivity contribution in [2.45, 2.75) is 19.9 Å². The first kappa shape index (κ1) is 12.0. The van der Waals surface area contributed by atoms with E-state index in [-0.39, 0.29) is 18.4 Å². The molecule has 0 unspecified atom stereocenters. The van der Waals surface area contributed by atoms with Crippen LogP contribution >= 0.6 is 12.4 Å². The van der Waals surface area contributed by atoms with Gasteiger partial charge in [-0.3, -0.25) is 0 Å². The molecule has 2 aromatic rings. The van der Waals surface area contributed by atoms with Crippen LogP contribution in [0.4, 0.5) is 0 Å². The van der Waals surface area contributed by atoms with Crippen LogP contribution in [0.15, 0.2) is 24.4 Å². The van der Waals surface area contributed by atoms with Gasteiger partial charge in [0.2, 0.25) is 0 Å². The Morgan fingerprint density at radius 1 is 1.27 bits per heavy atom. The maximum atomic E-state index is 6.02. The molecule has 3 N–H and O–H groups in total. The number of H-pyrrole nitrogens is 1. The summed E-state index contributed by atoms with van der Waals surface area (Å²) in [6, 6.07) is 6.00. The van der Waals surface area contributed by atoms with Gasteiger partial charge in [-0.15, -0.1) is 12.4 Å². The van der Waals surface area contributed by atoms with E-state index < -0.39 is 0 Å². The lowest BCUT2D eigenvalue weighted by Gasteiger charge is -2.14. The van der Waals surface area contributed by atoms with E-state index in [1.807, 2.05) is 24.4 Å². The summed E-state index contributed by atoms with van der Waals surface area (Å²) in [7, 11) is 0. The Hall–Kier alpha value is -1.06. The first-order valence-corrected chi connectivity index (χ1v) is 4.88. The number of nitrogens with two attached hydrogens (primary N) is 1. The molecule has 4 heteroatoms. The summed E-state index contributed by atoms with van der Waals surface area (Å²) < 4.78 is 0. The van der Waals surface area contributed by atoms with Crippen LogP contribution in [0.3, 0.4) is 0 Å². The van der Waals surface area contributed by atoms with Crippen LogP contribution in [0.1, 0.15) is 25.6 Å². The summed E-state index contributed by atoms with van der Waals surface area (Å²) in [5.74, 6) is 0.416. The Morgan fingerprint density at radius 2 is 2.00 bits per heavy atom. The second kappa shape index (κ2) is 4.64. The molecule has 0 radical (unpaired) electrons. The number of hydrogen-bond acceptors (Lipinski definition) is 2. The van der Waals surface area contributed by atoms with E-state index in [2.05, 4.69) is 23.8 Å². The van der Waals surface area contributed by atoms with Gasteiger partial charge in [0.15, 0.2) is 0 Å². The van der Waals surface area contributed by atoms with Gasteiger partial charge < -0.3 is 10.7 Å². The highest BCUT2D eigenvalue weighted by Crippen LogP contribution is 2.19. The summed E-state index contributed by atoms with van der Waals surface area (Å²) in [5, 5.41) is 0. The zero-order chi connectivity index (χ0) is 10.1. The molecule has 2 aromatic heterocycles. The molecule has 82 valence electrons. The van der Waals surface area contributed by atoms with Crippen molar-refractivity contribution in [3.63, 3.8) is 0 Å². The fourth-order valence-electron chi connectivity index (χ4n) is 1.48. The molecule has 0 spiro atoms. The second-order valence-corrected chi connectivity index (χ2v) is 3.92. The molecular formula is C11H16ClN3. The Morgan fingerprint density at radius 3 is 2.67 bits per heavy atom. The minimum Gasteiger partial charge on any atom is -0.360 e. The molecule has 0 saturated carbocycles. The molecule has 0 fully saturated rings. The van der Waals surface area contributed by atoms with Gasteiger partial charge >= 0.3 is 0 Å². The van der Waals surface area contributed by atoms with Crippen molar-refractivity contribution in [2.75, 3.05) is 0 Å². The first-order valence-electron chi connectivity index (χ1n) is 4.88. The van der Waals surface area contributed by atoms with Gasteiger partial charge in [0.05, 0.1) is 16.7 Å². The standard InChI is InChI=1S/C11H15N3.ClH/c1-7(2)11(12)10-4-3-8-9(14-10)5-6-13-8;/h3-7,11,13H,12H2,1-2H3;1H/t11-;/m0./s1. The number of aromatic nitrogens is 2. The third-order valence-corrected chi connectivity index (χ3v) is 2.49. The minimum atomic E-state index is 0. The third kappa shape index (κ3) is 2.30. The van der Waals surface area contributed by atoms with Crippen LogP contribution in [-0.2, 0) is 0 Å². The van der Waals surface area contributed by atoms with Crippen molar-refractivity contribution in [2.24, 2.45) is 11.7 Å². The third-order valence-electron chi connectivity index (χ3n) is 2.49. The molecular weight excluding hydrogens is 210 g/mol. The van der Waals surface area contributed by atoms with Crippen molar-refractivity contribution in [3.8, 4) is 0 Å². The minimum absolute atomic E-state index is 0. The molecule has 0 saturated heterocycles. The lowest BCUT2D eigenvalue weighted by molar-refractivity contribution is 0.504. The molecule has 0 aliphatic heterocycles. The van der Waals surface area contributed by atoms with Gasteiger partial charge in [0.25, 0.3) is 0 Å². The van der Waals surface area contributed by atoms with E-state index in [4.69, 9.17) is 5.73 Å². The predicted octanol–water partition coefficient (Wildman–Crippen LogP) is 2.64. The van der Waals surface area contributed by atoms with Crippen LogP contribution in [-0.4, -0.2) is 9.97 Å². The zero-order valence-electron chi connectivity index (χ0n) is 8.90. The molecule has 0 amide bonds. The molecule has 1 atom stereocenters. The van der Waals surface area contributed by atoms with E-state index in [1.165, 1.54) is 0 Å². The summed E-state index contributed by atoms with van der Waals surface area (Å²) in [5.41, 5.74) is 9.03. The SMILES string of the molecule is CC(C)[C@H](N)c1ccc2[nH]ccc2n1.Cl. The molecule has 0 aliphatic rings. The average molecular weight is 226 g/mol. The summed E-state index contributed by atoms with van der Waals surface area (Å²) in [6.07, 6.45) is 1.89. The van der Waals surface area contributed by atoms with Crippen molar-refractivity contribution in [1.82, 2.24) is 9.97 Å². The number of halogens is 1. The van der Waals surface area contributed by atoms with E-state index >= 15 is 0 Å². The number of pyridine rings is 1. The number of nitrogens with zero attached hydrogens (tertiary/aromatic N) is 1. The number of rotatable bonds is 2. The second-order valence-electron chi connectivity index (χ2n) is 3.92. The van der Waals surface area contributed by atoms with Crippen LogP contribution < -0.4 is 5.73 Å². The van der Waals surface area contributed by atoms with Crippen molar-refractivity contribution in [3.05, 3.63) is 30.1 Å². The van der Waals surface area contributed by atoms with Gasteiger partial charge in [-0.25, -0.2) is 4.98 Å². The molecule has 15 heavy (non-hydrogen) atoms.